The van der Waals surface area contributed by atoms with Crippen molar-refractivity contribution < 1.29 is 9.21 Å². The number of anilines is 1. The zero-order valence-corrected chi connectivity index (χ0v) is 17.7. The lowest BCUT2D eigenvalue weighted by molar-refractivity contribution is -0.122. The Labute approximate surface area is 174 Å². The topological polar surface area (TPSA) is 67.2 Å². The van der Waals surface area contributed by atoms with Crippen molar-refractivity contribution >= 4 is 51.6 Å². The van der Waals surface area contributed by atoms with Crippen molar-refractivity contribution in [3.63, 3.8) is 0 Å². The molecule has 2 aromatic carbocycles. The second-order valence-electron chi connectivity index (χ2n) is 7.19. The van der Waals surface area contributed by atoms with Crippen LogP contribution in [0.2, 0.25) is 5.02 Å². The first kappa shape index (κ1) is 20.3. The first-order valence-corrected chi connectivity index (χ1v) is 9.85. The van der Waals surface area contributed by atoms with Gasteiger partial charge in [0.05, 0.1) is 10.6 Å². The Kier molecular flexibility index (Phi) is 6.01. The smallest absolute Gasteiger partial charge is 0.228 e. The van der Waals surface area contributed by atoms with Gasteiger partial charge in [-0.25, -0.2) is 4.98 Å². The highest BCUT2D eigenvalue weighted by Gasteiger charge is 2.15. The summed E-state index contributed by atoms with van der Waals surface area (Å²) in [5.41, 5.74) is 4.01. The summed E-state index contributed by atoms with van der Waals surface area (Å²) in [6, 6.07) is 11.3. The molecule has 0 unspecified atom stereocenters. The van der Waals surface area contributed by atoms with Crippen LogP contribution in [-0.2, 0) is 4.79 Å². The minimum atomic E-state index is -0.156. The van der Waals surface area contributed by atoms with E-state index in [0.717, 1.165) is 5.52 Å². The maximum Gasteiger partial charge on any atom is 0.228 e. The number of hydrogen-bond donors (Lipinski definition) is 2. The second kappa shape index (κ2) is 8.29. The highest BCUT2D eigenvalue weighted by atomic mass is 35.5. The number of carbonyl (C=O) groups is 1. The Morgan fingerprint density at radius 3 is 2.57 bits per heavy atom. The predicted molar refractivity (Wildman–Crippen MR) is 118 cm³/mol. The third-order valence-corrected chi connectivity index (χ3v) is 4.83. The standard InChI is InChI=1S/C21H22ClN3O2S/c1-11(2)13-5-8-18-17(9-13)24-20(27-18)15-10-14(6-7-16(15)22)23-21(28)25-19(26)12(3)4/h5-12H,1-4H3,(H2,23,25,26,28). The number of nitrogens with one attached hydrogen (secondary N) is 2. The summed E-state index contributed by atoms with van der Waals surface area (Å²) in [5.74, 6) is 0.534. The molecular formula is C21H22ClN3O2S. The van der Waals surface area contributed by atoms with E-state index in [1.165, 1.54) is 5.56 Å². The average molecular weight is 416 g/mol. The molecular weight excluding hydrogens is 394 g/mol. The first-order chi connectivity index (χ1) is 13.2. The lowest BCUT2D eigenvalue weighted by Crippen LogP contribution is -2.36. The van der Waals surface area contributed by atoms with Crippen LogP contribution in [0.1, 0.15) is 39.2 Å². The molecule has 1 heterocycles. The molecule has 5 nitrogen and oxygen atoms in total. The third-order valence-electron chi connectivity index (χ3n) is 4.29. The van der Waals surface area contributed by atoms with Crippen LogP contribution in [0.15, 0.2) is 40.8 Å². The number of aromatic nitrogens is 1. The highest BCUT2D eigenvalue weighted by molar-refractivity contribution is 7.80. The van der Waals surface area contributed by atoms with Gasteiger partial charge in [-0.05, 0) is 54.0 Å². The van der Waals surface area contributed by atoms with Crippen LogP contribution in [0.3, 0.4) is 0 Å². The van der Waals surface area contributed by atoms with Crippen molar-refractivity contribution in [2.24, 2.45) is 5.92 Å². The van der Waals surface area contributed by atoms with Crippen molar-refractivity contribution in [1.29, 1.82) is 0 Å². The fourth-order valence-electron chi connectivity index (χ4n) is 2.60. The summed E-state index contributed by atoms with van der Waals surface area (Å²) in [6.07, 6.45) is 0. The van der Waals surface area contributed by atoms with E-state index in [2.05, 4.69) is 29.5 Å². The van der Waals surface area contributed by atoms with Crippen LogP contribution in [-0.4, -0.2) is 16.0 Å². The number of halogens is 1. The largest absolute Gasteiger partial charge is 0.436 e. The van der Waals surface area contributed by atoms with Crippen molar-refractivity contribution in [2.45, 2.75) is 33.6 Å². The Morgan fingerprint density at radius 1 is 1.14 bits per heavy atom. The lowest BCUT2D eigenvalue weighted by Gasteiger charge is -2.12. The van der Waals surface area contributed by atoms with Gasteiger partial charge in [0.2, 0.25) is 11.8 Å². The minimum absolute atomic E-state index is 0.147. The molecule has 0 atom stereocenters. The first-order valence-electron chi connectivity index (χ1n) is 9.07. The second-order valence-corrected chi connectivity index (χ2v) is 8.01. The van der Waals surface area contributed by atoms with Gasteiger partial charge in [0.15, 0.2) is 10.7 Å². The van der Waals surface area contributed by atoms with Gasteiger partial charge in [0, 0.05) is 11.6 Å². The number of amides is 1. The van der Waals surface area contributed by atoms with Crippen molar-refractivity contribution in [1.82, 2.24) is 10.3 Å². The van der Waals surface area contributed by atoms with Crippen LogP contribution in [0.5, 0.6) is 0 Å². The predicted octanol–water partition coefficient (Wildman–Crippen LogP) is 5.74. The molecule has 146 valence electrons. The van der Waals surface area contributed by atoms with Crippen molar-refractivity contribution in [3.8, 4) is 11.5 Å². The summed E-state index contributed by atoms with van der Waals surface area (Å²) in [7, 11) is 0. The van der Waals surface area contributed by atoms with Crippen LogP contribution < -0.4 is 10.6 Å². The quantitative estimate of drug-likeness (QED) is 0.532. The van der Waals surface area contributed by atoms with E-state index in [-0.39, 0.29) is 16.9 Å². The van der Waals surface area contributed by atoms with Gasteiger partial charge in [-0.15, -0.1) is 0 Å². The van der Waals surface area contributed by atoms with E-state index in [0.29, 0.717) is 33.7 Å². The maximum absolute atomic E-state index is 11.8. The Bertz CT molecular complexity index is 1040. The number of benzene rings is 2. The molecule has 3 rings (SSSR count). The molecule has 7 heteroatoms. The molecule has 0 saturated heterocycles. The molecule has 0 aliphatic carbocycles. The number of rotatable bonds is 4. The molecule has 2 N–H and O–H groups in total. The molecule has 0 aliphatic rings. The van der Waals surface area contributed by atoms with Gasteiger partial charge in [-0.1, -0.05) is 45.4 Å². The summed E-state index contributed by atoms with van der Waals surface area (Å²) < 4.78 is 5.90. The molecule has 0 saturated carbocycles. The summed E-state index contributed by atoms with van der Waals surface area (Å²) in [6.45, 7) is 7.87. The van der Waals surface area contributed by atoms with E-state index < -0.39 is 0 Å². The van der Waals surface area contributed by atoms with Crippen LogP contribution >= 0.6 is 23.8 Å². The van der Waals surface area contributed by atoms with E-state index in [4.69, 9.17) is 28.2 Å². The van der Waals surface area contributed by atoms with Gasteiger partial charge < -0.3 is 15.1 Å². The van der Waals surface area contributed by atoms with Gasteiger partial charge in [0.1, 0.15) is 5.52 Å². The van der Waals surface area contributed by atoms with E-state index in [9.17, 15) is 4.79 Å². The average Bonchev–Trinajstić information content (AvgIpc) is 3.05. The normalized spacial score (nSPS) is 11.2. The Morgan fingerprint density at radius 2 is 1.89 bits per heavy atom. The summed E-state index contributed by atoms with van der Waals surface area (Å²) >= 11 is 11.6. The number of thiocarbonyl (C=S) groups is 1. The Hall–Kier alpha value is -2.44. The summed E-state index contributed by atoms with van der Waals surface area (Å²) in [5, 5.41) is 6.38. The third kappa shape index (κ3) is 4.51. The lowest BCUT2D eigenvalue weighted by atomic mass is 10.0. The van der Waals surface area contributed by atoms with E-state index >= 15 is 0 Å². The molecule has 3 aromatic rings. The van der Waals surface area contributed by atoms with Crippen LogP contribution in [0, 0.1) is 5.92 Å². The molecule has 0 aliphatic heterocycles. The van der Waals surface area contributed by atoms with Crippen molar-refractivity contribution in [3.05, 3.63) is 47.0 Å². The van der Waals surface area contributed by atoms with Gasteiger partial charge >= 0.3 is 0 Å². The number of hydrogen-bond acceptors (Lipinski definition) is 4. The zero-order chi connectivity index (χ0) is 20.4. The highest BCUT2D eigenvalue weighted by Crippen LogP contribution is 2.33. The van der Waals surface area contributed by atoms with Crippen molar-refractivity contribution in [2.75, 3.05) is 5.32 Å². The van der Waals surface area contributed by atoms with Crippen LogP contribution in [0.25, 0.3) is 22.6 Å². The van der Waals surface area contributed by atoms with E-state index in [1.807, 2.05) is 18.2 Å². The molecule has 0 fully saturated rings. The molecule has 1 aromatic heterocycles. The summed E-state index contributed by atoms with van der Waals surface area (Å²) in [4.78, 5) is 16.4. The fraction of sp³-hybridized carbons (Fsp3) is 0.286. The van der Waals surface area contributed by atoms with Gasteiger partial charge in [-0.2, -0.15) is 0 Å². The molecule has 0 bridgehead atoms. The number of oxazole rings is 1. The van der Waals surface area contributed by atoms with Gasteiger partial charge in [-0.3, -0.25) is 4.79 Å². The zero-order valence-electron chi connectivity index (χ0n) is 16.2. The Balaban J connectivity index is 1.88. The minimum Gasteiger partial charge on any atom is -0.436 e. The molecule has 1 amide bonds. The molecule has 0 spiro atoms. The molecule has 28 heavy (non-hydrogen) atoms. The monoisotopic (exact) mass is 415 g/mol. The maximum atomic E-state index is 11.8. The SMILES string of the molecule is CC(C)C(=O)NC(=S)Nc1ccc(Cl)c(-c2nc3cc(C(C)C)ccc3o2)c1. The fourth-order valence-corrected chi connectivity index (χ4v) is 3.02. The number of fused-ring (bicyclic) bond motifs is 1. The number of nitrogens with zero attached hydrogens (tertiary/aromatic N) is 1. The van der Waals surface area contributed by atoms with Crippen LogP contribution in [0.4, 0.5) is 5.69 Å². The van der Waals surface area contributed by atoms with E-state index in [1.54, 1.807) is 32.0 Å². The number of carbonyl (C=O) groups excluding carboxylic acids is 1. The van der Waals surface area contributed by atoms with Gasteiger partial charge in [0.25, 0.3) is 0 Å². The molecule has 0 radical (unpaired) electrons.